The smallest absolute Gasteiger partial charge is 0.232 e. The second kappa shape index (κ2) is 8.26. The highest BCUT2D eigenvalue weighted by atomic mass is 16.5. The predicted octanol–water partition coefficient (Wildman–Crippen LogP) is 4.82. The van der Waals surface area contributed by atoms with Gasteiger partial charge in [-0.2, -0.15) is 0 Å². The molecule has 6 heteroatoms. The molecule has 166 valence electrons. The molecule has 0 radical (unpaired) electrons. The Morgan fingerprint density at radius 3 is 2.41 bits per heavy atom. The van der Waals surface area contributed by atoms with E-state index in [0.717, 1.165) is 11.3 Å². The summed E-state index contributed by atoms with van der Waals surface area (Å²) in [6, 6.07) is 14.8. The summed E-state index contributed by atoms with van der Waals surface area (Å²) in [5.41, 5.74) is 3.45. The van der Waals surface area contributed by atoms with E-state index in [1.165, 1.54) is 6.92 Å². The van der Waals surface area contributed by atoms with E-state index >= 15 is 0 Å². The van der Waals surface area contributed by atoms with E-state index in [4.69, 9.17) is 4.74 Å². The number of hydrogen-bond acceptors (Lipinski definition) is 4. The van der Waals surface area contributed by atoms with Crippen molar-refractivity contribution in [2.75, 3.05) is 17.3 Å². The average molecular weight is 433 g/mol. The van der Waals surface area contributed by atoms with E-state index in [-0.39, 0.29) is 35.4 Å². The number of methoxy groups -OCH3 is 1. The van der Waals surface area contributed by atoms with Crippen molar-refractivity contribution in [3.05, 3.63) is 65.4 Å². The van der Waals surface area contributed by atoms with Crippen LogP contribution in [0.1, 0.15) is 51.5 Å². The van der Waals surface area contributed by atoms with Crippen LogP contribution in [0.15, 0.2) is 59.8 Å². The quantitative estimate of drug-likeness (QED) is 0.752. The molecule has 4 rings (SSSR count). The lowest BCUT2D eigenvalue weighted by Crippen LogP contribution is -2.43. The lowest BCUT2D eigenvalue weighted by molar-refractivity contribution is -0.121. The van der Waals surface area contributed by atoms with Crippen LogP contribution in [0.4, 0.5) is 11.4 Å². The van der Waals surface area contributed by atoms with Crippen LogP contribution in [0, 0.1) is 5.41 Å². The maximum Gasteiger partial charge on any atom is 0.232 e. The second-order valence-electron chi connectivity index (χ2n) is 9.26. The van der Waals surface area contributed by atoms with E-state index in [9.17, 15) is 14.4 Å². The Morgan fingerprint density at radius 2 is 1.75 bits per heavy atom. The fourth-order valence-electron chi connectivity index (χ4n) is 4.83. The molecule has 1 unspecified atom stereocenters. The molecule has 0 saturated carbocycles. The largest absolute Gasteiger partial charge is 0.496 e. The number of ketones is 1. The molecule has 32 heavy (non-hydrogen) atoms. The van der Waals surface area contributed by atoms with Gasteiger partial charge in [0.1, 0.15) is 5.75 Å². The summed E-state index contributed by atoms with van der Waals surface area (Å²) in [5.74, 6) is 0.225. The van der Waals surface area contributed by atoms with Gasteiger partial charge in [0.05, 0.1) is 7.11 Å². The molecule has 2 aromatic rings. The molecule has 1 N–H and O–H groups in total. The van der Waals surface area contributed by atoms with Crippen LogP contribution in [0.25, 0.3) is 0 Å². The molecule has 2 aromatic carbocycles. The molecule has 6 nitrogen and oxygen atoms in total. The average Bonchev–Trinajstić information content (AvgIpc) is 2.72. The number of allylic oxidation sites excluding steroid dienone is 2. The monoisotopic (exact) mass is 432 g/mol. The molecule has 1 aliphatic carbocycles. The topological polar surface area (TPSA) is 75.7 Å². The summed E-state index contributed by atoms with van der Waals surface area (Å²) in [5, 5.41) is 2.74. The molecule has 0 saturated heterocycles. The van der Waals surface area contributed by atoms with Crippen molar-refractivity contribution in [1.82, 2.24) is 0 Å². The minimum Gasteiger partial charge on any atom is -0.496 e. The Morgan fingerprint density at radius 1 is 1.06 bits per heavy atom. The standard InChI is InChI=1S/C26H28N2O4/c1-16(29)27-17-9-11-18(12-10-17)28-21-14-26(2,3)15-22(30)25(21)20(13-24(28)31)19-7-5-6-8-23(19)32-4/h5-12,20H,13-15H2,1-4H3,(H,27,29). The zero-order chi connectivity index (χ0) is 23.0. The number of anilines is 2. The summed E-state index contributed by atoms with van der Waals surface area (Å²) < 4.78 is 5.55. The van der Waals surface area contributed by atoms with Crippen molar-refractivity contribution in [3.63, 3.8) is 0 Å². The number of carbonyl (C=O) groups excluding carboxylic acids is 3. The van der Waals surface area contributed by atoms with E-state index in [1.54, 1.807) is 24.1 Å². The van der Waals surface area contributed by atoms with E-state index in [0.29, 0.717) is 35.5 Å². The third kappa shape index (κ3) is 4.05. The third-order valence-corrected chi connectivity index (χ3v) is 6.10. The molecule has 2 aliphatic rings. The number of ether oxygens (including phenoxy) is 1. The number of nitrogens with zero attached hydrogens (tertiary/aromatic N) is 1. The number of carbonyl (C=O) groups is 3. The molecule has 0 fully saturated rings. The molecule has 0 aromatic heterocycles. The van der Waals surface area contributed by atoms with Gasteiger partial charge in [-0.1, -0.05) is 32.0 Å². The van der Waals surface area contributed by atoms with Crippen LogP contribution < -0.4 is 15.0 Å². The van der Waals surface area contributed by atoms with E-state index < -0.39 is 0 Å². The minimum atomic E-state index is -0.327. The Labute approximate surface area is 188 Å². The Balaban J connectivity index is 1.84. The molecule has 0 bridgehead atoms. The number of amides is 2. The Kier molecular flexibility index (Phi) is 5.63. The first-order valence-corrected chi connectivity index (χ1v) is 10.8. The highest BCUT2D eigenvalue weighted by Gasteiger charge is 2.44. The fourth-order valence-corrected chi connectivity index (χ4v) is 4.83. The van der Waals surface area contributed by atoms with Gasteiger partial charge < -0.3 is 10.1 Å². The van der Waals surface area contributed by atoms with Crippen LogP contribution in [0.3, 0.4) is 0 Å². The van der Waals surface area contributed by atoms with Crippen LogP contribution >= 0.6 is 0 Å². The van der Waals surface area contributed by atoms with Gasteiger partial charge in [0, 0.05) is 53.9 Å². The minimum absolute atomic E-state index is 0.0579. The highest BCUT2D eigenvalue weighted by molar-refractivity contribution is 6.08. The number of Topliss-reactive ketones (excluding diaryl/α,β-unsaturated/α-hetero) is 1. The van der Waals surface area contributed by atoms with Crippen LogP contribution in [-0.4, -0.2) is 24.7 Å². The zero-order valence-electron chi connectivity index (χ0n) is 18.9. The number of hydrogen-bond donors (Lipinski definition) is 1. The van der Waals surface area contributed by atoms with Gasteiger partial charge in [0.2, 0.25) is 11.8 Å². The number of benzene rings is 2. The Hall–Kier alpha value is -3.41. The van der Waals surface area contributed by atoms with Crippen molar-refractivity contribution in [2.24, 2.45) is 5.41 Å². The van der Waals surface area contributed by atoms with Gasteiger partial charge in [-0.05, 0) is 42.2 Å². The summed E-state index contributed by atoms with van der Waals surface area (Å²) in [6.07, 6.45) is 1.26. The summed E-state index contributed by atoms with van der Waals surface area (Å²) in [4.78, 5) is 39.9. The lowest BCUT2D eigenvalue weighted by Gasteiger charge is -2.43. The van der Waals surface area contributed by atoms with Crippen molar-refractivity contribution in [3.8, 4) is 5.75 Å². The van der Waals surface area contributed by atoms with Gasteiger partial charge in [0.15, 0.2) is 5.78 Å². The maximum absolute atomic E-state index is 13.5. The molecular weight excluding hydrogens is 404 g/mol. The van der Waals surface area contributed by atoms with Crippen LogP contribution in [-0.2, 0) is 14.4 Å². The highest BCUT2D eigenvalue weighted by Crippen LogP contribution is 2.49. The molecule has 0 spiro atoms. The molecule has 1 heterocycles. The Bertz CT molecular complexity index is 1110. The predicted molar refractivity (Wildman–Crippen MR) is 124 cm³/mol. The zero-order valence-corrected chi connectivity index (χ0v) is 18.9. The number of nitrogens with one attached hydrogen (secondary N) is 1. The van der Waals surface area contributed by atoms with Gasteiger partial charge in [-0.15, -0.1) is 0 Å². The number of rotatable bonds is 4. The first kappa shape index (κ1) is 21.8. The maximum atomic E-state index is 13.5. The van der Waals surface area contributed by atoms with Gasteiger partial charge in [-0.25, -0.2) is 0 Å². The van der Waals surface area contributed by atoms with Crippen molar-refractivity contribution in [1.29, 1.82) is 0 Å². The van der Waals surface area contributed by atoms with Crippen molar-refractivity contribution in [2.45, 2.75) is 46.0 Å². The summed E-state index contributed by atoms with van der Waals surface area (Å²) in [7, 11) is 1.60. The fraction of sp³-hybridized carbons (Fsp3) is 0.346. The first-order valence-electron chi connectivity index (χ1n) is 10.8. The van der Waals surface area contributed by atoms with Crippen LogP contribution in [0.2, 0.25) is 0 Å². The summed E-state index contributed by atoms with van der Waals surface area (Å²) in [6.45, 7) is 5.57. The SMILES string of the molecule is COc1ccccc1C1CC(=O)N(c2ccc(NC(C)=O)cc2)C2=C1C(=O)CC(C)(C)C2. The second-order valence-corrected chi connectivity index (χ2v) is 9.26. The van der Waals surface area contributed by atoms with Crippen LogP contribution in [0.5, 0.6) is 5.75 Å². The third-order valence-electron chi connectivity index (χ3n) is 6.10. The lowest BCUT2D eigenvalue weighted by atomic mass is 9.69. The van der Waals surface area contributed by atoms with Crippen molar-refractivity contribution >= 4 is 29.0 Å². The molecular formula is C26H28N2O4. The van der Waals surface area contributed by atoms with E-state index in [2.05, 4.69) is 19.2 Å². The van der Waals surface area contributed by atoms with E-state index in [1.807, 2.05) is 36.4 Å². The van der Waals surface area contributed by atoms with Gasteiger partial charge in [0.25, 0.3) is 0 Å². The molecule has 2 amide bonds. The van der Waals surface area contributed by atoms with Gasteiger partial charge in [-0.3, -0.25) is 19.3 Å². The molecule has 1 aliphatic heterocycles. The first-order chi connectivity index (χ1) is 15.2. The number of para-hydroxylation sites is 1. The normalized spacial score (nSPS) is 20.1. The van der Waals surface area contributed by atoms with Gasteiger partial charge >= 0.3 is 0 Å². The summed E-state index contributed by atoms with van der Waals surface area (Å²) >= 11 is 0. The molecule has 1 atom stereocenters. The van der Waals surface area contributed by atoms with Crippen molar-refractivity contribution < 1.29 is 19.1 Å².